The summed E-state index contributed by atoms with van der Waals surface area (Å²) >= 11 is 0. The summed E-state index contributed by atoms with van der Waals surface area (Å²) in [7, 11) is 0. The standard InChI is InChI=1S/C26H26N2O/c1-6-7-13-22(18(2)3)20(5)24-17-28(16-21-12-10-11-19(4)27-21)25-15-9-8-14-23(25)26(24)29/h6-15,17H,2,5,16H2,1,3-4H3/b7-6-,22-13+. The van der Waals surface area contributed by atoms with Gasteiger partial charge in [0.2, 0.25) is 0 Å². The third-order valence-corrected chi connectivity index (χ3v) is 4.83. The molecule has 3 aromatic rings. The van der Waals surface area contributed by atoms with Gasteiger partial charge in [0.15, 0.2) is 5.43 Å². The van der Waals surface area contributed by atoms with Crippen molar-refractivity contribution < 1.29 is 0 Å². The van der Waals surface area contributed by atoms with E-state index in [1.807, 2.05) is 87.7 Å². The molecular formula is C26H26N2O. The van der Waals surface area contributed by atoms with Crippen molar-refractivity contribution in [1.82, 2.24) is 9.55 Å². The quantitative estimate of drug-likeness (QED) is 0.502. The Hall–Kier alpha value is -3.46. The lowest BCUT2D eigenvalue weighted by Gasteiger charge is -2.16. The normalized spacial score (nSPS) is 11.9. The van der Waals surface area contributed by atoms with E-state index in [0.717, 1.165) is 28.1 Å². The van der Waals surface area contributed by atoms with Gasteiger partial charge in [-0.2, -0.15) is 0 Å². The molecule has 0 aliphatic carbocycles. The molecule has 1 aromatic carbocycles. The Morgan fingerprint density at radius 1 is 1.14 bits per heavy atom. The topological polar surface area (TPSA) is 34.9 Å². The highest BCUT2D eigenvalue weighted by atomic mass is 16.1. The predicted molar refractivity (Wildman–Crippen MR) is 123 cm³/mol. The van der Waals surface area contributed by atoms with Gasteiger partial charge in [-0.3, -0.25) is 9.78 Å². The highest BCUT2D eigenvalue weighted by Gasteiger charge is 2.15. The maximum atomic E-state index is 13.3. The maximum absolute atomic E-state index is 13.3. The number of aromatic nitrogens is 2. The van der Waals surface area contributed by atoms with Crippen molar-refractivity contribution in [3.63, 3.8) is 0 Å². The van der Waals surface area contributed by atoms with Gasteiger partial charge in [0.25, 0.3) is 0 Å². The van der Waals surface area contributed by atoms with Gasteiger partial charge in [0.05, 0.1) is 17.8 Å². The molecule has 3 heteroatoms. The number of benzene rings is 1. The van der Waals surface area contributed by atoms with Gasteiger partial charge in [0, 0.05) is 22.8 Å². The Kier molecular flexibility index (Phi) is 6.08. The minimum atomic E-state index is -0.0216. The van der Waals surface area contributed by atoms with Gasteiger partial charge < -0.3 is 4.57 Å². The highest BCUT2D eigenvalue weighted by molar-refractivity contribution is 5.88. The average molecular weight is 383 g/mol. The molecule has 146 valence electrons. The Bertz CT molecular complexity index is 1210. The molecule has 2 heterocycles. The molecule has 0 bridgehead atoms. The third-order valence-electron chi connectivity index (χ3n) is 4.83. The van der Waals surface area contributed by atoms with Crippen LogP contribution in [0.2, 0.25) is 0 Å². The summed E-state index contributed by atoms with van der Waals surface area (Å²) in [6, 6.07) is 13.6. The second-order valence-electron chi connectivity index (χ2n) is 7.15. The summed E-state index contributed by atoms with van der Waals surface area (Å²) in [4.78, 5) is 17.9. The van der Waals surface area contributed by atoms with E-state index in [-0.39, 0.29) is 5.43 Å². The molecule has 0 unspecified atom stereocenters. The molecular weight excluding hydrogens is 356 g/mol. The summed E-state index contributed by atoms with van der Waals surface area (Å²) in [6.07, 6.45) is 7.72. The fraction of sp³-hybridized carbons (Fsp3) is 0.154. The molecule has 0 saturated heterocycles. The zero-order valence-electron chi connectivity index (χ0n) is 17.3. The molecule has 0 atom stereocenters. The molecule has 2 aromatic heterocycles. The molecule has 0 N–H and O–H groups in total. The average Bonchev–Trinajstić information content (AvgIpc) is 2.70. The number of fused-ring (bicyclic) bond motifs is 1. The summed E-state index contributed by atoms with van der Waals surface area (Å²) < 4.78 is 2.07. The minimum Gasteiger partial charge on any atom is -0.341 e. The van der Waals surface area contributed by atoms with Crippen LogP contribution >= 0.6 is 0 Å². The van der Waals surface area contributed by atoms with E-state index in [2.05, 4.69) is 22.7 Å². The number of rotatable bonds is 6. The van der Waals surface area contributed by atoms with Gasteiger partial charge in [0.1, 0.15) is 0 Å². The van der Waals surface area contributed by atoms with E-state index < -0.39 is 0 Å². The lowest BCUT2D eigenvalue weighted by Crippen LogP contribution is -2.16. The van der Waals surface area contributed by atoms with Crippen molar-refractivity contribution in [3.05, 3.63) is 118 Å². The van der Waals surface area contributed by atoms with E-state index >= 15 is 0 Å². The zero-order chi connectivity index (χ0) is 21.0. The third kappa shape index (κ3) is 4.35. The van der Waals surface area contributed by atoms with Crippen LogP contribution in [0.3, 0.4) is 0 Å². The summed E-state index contributed by atoms with van der Waals surface area (Å²) in [5, 5.41) is 0.672. The Morgan fingerprint density at radius 2 is 1.90 bits per heavy atom. The molecule has 0 fully saturated rings. The van der Waals surface area contributed by atoms with Crippen LogP contribution in [0.5, 0.6) is 0 Å². The van der Waals surface area contributed by atoms with Crippen LogP contribution in [-0.2, 0) is 6.54 Å². The van der Waals surface area contributed by atoms with Crippen LogP contribution in [0.1, 0.15) is 30.8 Å². The van der Waals surface area contributed by atoms with E-state index in [1.54, 1.807) is 0 Å². The first-order valence-corrected chi connectivity index (χ1v) is 9.65. The van der Waals surface area contributed by atoms with Crippen LogP contribution in [0.4, 0.5) is 0 Å². The van der Waals surface area contributed by atoms with Crippen LogP contribution in [0.15, 0.2) is 96.0 Å². The molecule has 0 spiro atoms. The minimum absolute atomic E-state index is 0.0216. The zero-order valence-corrected chi connectivity index (χ0v) is 17.3. The SMILES string of the molecule is C=C(C)/C(=C\C=C/C)C(=C)c1cn(Cc2cccc(C)n2)c2ccccc2c1=O. The first-order valence-electron chi connectivity index (χ1n) is 9.65. The van der Waals surface area contributed by atoms with E-state index in [4.69, 9.17) is 0 Å². The molecule has 29 heavy (non-hydrogen) atoms. The lowest BCUT2D eigenvalue weighted by atomic mass is 9.94. The van der Waals surface area contributed by atoms with Crippen molar-refractivity contribution in [2.45, 2.75) is 27.3 Å². The Labute approximate surface area is 172 Å². The predicted octanol–water partition coefficient (Wildman–Crippen LogP) is 5.85. The fourth-order valence-corrected chi connectivity index (χ4v) is 3.39. The molecule has 0 saturated carbocycles. The van der Waals surface area contributed by atoms with Crippen LogP contribution in [0.25, 0.3) is 16.5 Å². The summed E-state index contributed by atoms with van der Waals surface area (Å²) in [5.74, 6) is 0. The van der Waals surface area contributed by atoms with Gasteiger partial charge in [-0.15, -0.1) is 0 Å². The number of para-hydroxylation sites is 1. The Morgan fingerprint density at radius 3 is 2.59 bits per heavy atom. The number of allylic oxidation sites excluding steroid dienone is 6. The van der Waals surface area contributed by atoms with E-state index in [9.17, 15) is 4.79 Å². The molecule has 3 nitrogen and oxygen atoms in total. The highest BCUT2D eigenvalue weighted by Crippen LogP contribution is 2.26. The van der Waals surface area contributed by atoms with Crippen molar-refractivity contribution in [2.24, 2.45) is 0 Å². The maximum Gasteiger partial charge on any atom is 0.197 e. The molecule has 0 aliphatic heterocycles. The van der Waals surface area contributed by atoms with Gasteiger partial charge in [-0.1, -0.05) is 55.2 Å². The van der Waals surface area contributed by atoms with Crippen molar-refractivity contribution in [3.8, 4) is 0 Å². The summed E-state index contributed by atoms with van der Waals surface area (Å²) in [5.41, 5.74) is 5.77. The second-order valence-corrected chi connectivity index (χ2v) is 7.15. The van der Waals surface area contributed by atoms with Crippen molar-refractivity contribution in [1.29, 1.82) is 0 Å². The van der Waals surface area contributed by atoms with Crippen LogP contribution in [-0.4, -0.2) is 9.55 Å². The van der Waals surface area contributed by atoms with Gasteiger partial charge >= 0.3 is 0 Å². The number of hydrogen-bond acceptors (Lipinski definition) is 2. The number of pyridine rings is 2. The summed E-state index contributed by atoms with van der Waals surface area (Å²) in [6.45, 7) is 14.7. The lowest BCUT2D eigenvalue weighted by molar-refractivity contribution is 0.792. The van der Waals surface area contributed by atoms with Crippen molar-refractivity contribution in [2.75, 3.05) is 0 Å². The van der Waals surface area contributed by atoms with Crippen molar-refractivity contribution >= 4 is 16.5 Å². The molecule has 3 rings (SSSR count). The fourth-order valence-electron chi connectivity index (χ4n) is 3.39. The molecule has 0 radical (unpaired) electrons. The van der Waals surface area contributed by atoms with Crippen LogP contribution < -0.4 is 5.43 Å². The smallest absolute Gasteiger partial charge is 0.197 e. The number of hydrogen-bond donors (Lipinski definition) is 0. The number of nitrogens with zero attached hydrogens (tertiary/aromatic N) is 2. The first-order chi connectivity index (χ1) is 13.9. The largest absolute Gasteiger partial charge is 0.341 e. The van der Waals surface area contributed by atoms with E-state index in [0.29, 0.717) is 23.1 Å². The monoisotopic (exact) mass is 382 g/mol. The molecule has 0 aliphatic rings. The first kappa shape index (κ1) is 20.3. The number of aryl methyl sites for hydroxylation is 1. The Balaban J connectivity index is 2.21. The van der Waals surface area contributed by atoms with Crippen LogP contribution in [0, 0.1) is 6.92 Å². The van der Waals surface area contributed by atoms with Gasteiger partial charge in [-0.25, -0.2) is 0 Å². The van der Waals surface area contributed by atoms with Gasteiger partial charge in [-0.05, 0) is 56.2 Å². The second kappa shape index (κ2) is 8.70. The molecule has 0 amide bonds. The van der Waals surface area contributed by atoms with E-state index in [1.165, 1.54) is 0 Å².